The number of benzene rings is 1. The standard InChI is InChI=1S/C25H24F2N6O2/c1-13-29-22-21(18-6-3-16(26)10-19(18)27)30-24(31-23(22)25(34)32(13)2)14-7-8-35-20(9-14)15-11-28-33(12-15)17-4-5-17/h3,6,10-12,14,17,20H,4-5,7-9H2,1-2H3. The third-order valence-corrected chi connectivity index (χ3v) is 6.92. The van der Waals surface area contributed by atoms with E-state index in [2.05, 4.69) is 15.1 Å². The molecule has 10 heteroatoms. The molecular formula is C25H24F2N6O2. The summed E-state index contributed by atoms with van der Waals surface area (Å²) in [6, 6.07) is 3.78. The molecule has 6 rings (SSSR count). The number of nitrogens with zero attached hydrogens (tertiary/aromatic N) is 6. The summed E-state index contributed by atoms with van der Waals surface area (Å²) in [4.78, 5) is 26.9. The van der Waals surface area contributed by atoms with E-state index in [-0.39, 0.29) is 39.9 Å². The second kappa shape index (κ2) is 8.30. The molecule has 0 N–H and O–H groups in total. The van der Waals surface area contributed by atoms with E-state index < -0.39 is 11.6 Å². The molecule has 3 aromatic heterocycles. The van der Waals surface area contributed by atoms with Crippen LogP contribution in [0.2, 0.25) is 0 Å². The first-order valence-corrected chi connectivity index (χ1v) is 11.8. The van der Waals surface area contributed by atoms with Gasteiger partial charge in [-0.05, 0) is 44.7 Å². The summed E-state index contributed by atoms with van der Waals surface area (Å²) in [7, 11) is 1.62. The van der Waals surface area contributed by atoms with E-state index in [1.165, 1.54) is 16.7 Å². The first kappa shape index (κ1) is 22.0. The molecule has 4 aromatic rings. The Morgan fingerprint density at radius 1 is 1.09 bits per heavy atom. The van der Waals surface area contributed by atoms with Gasteiger partial charge in [-0.1, -0.05) is 0 Å². The number of hydrogen-bond donors (Lipinski definition) is 0. The lowest BCUT2D eigenvalue weighted by Crippen LogP contribution is -2.25. The van der Waals surface area contributed by atoms with E-state index in [4.69, 9.17) is 9.72 Å². The van der Waals surface area contributed by atoms with Crippen molar-refractivity contribution in [3.05, 3.63) is 69.8 Å². The number of ether oxygens (including phenoxy) is 1. The lowest BCUT2D eigenvalue weighted by molar-refractivity contribution is 0.00397. The van der Waals surface area contributed by atoms with E-state index in [1.807, 2.05) is 17.1 Å². The highest BCUT2D eigenvalue weighted by atomic mass is 19.1. The molecule has 2 unspecified atom stereocenters. The summed E-state index contributed by atoms with van der Waals surface area (Å²) in [6.45, 7) is 2.18. The summed E-state index contributed by atoms with van der Waals surface area (Å²) in [6.07, 6.45) is 7.25. The number of aromatic nitrogens is 6. The van der Waals surface area contributed by atoms with Gasteiger partial charge in [-0.3, -0.25) is 14.0 Å². The number of fused-ring (bicyclic) bond motifs is 1. The second-order valence-corrected chi connectivity index (χ2v) is 9.34. The van der Waals surface area contributed by atoms with Crippen LogP contribution in [0.1, 0.15) is 61.0 Å². The minimum atomic E-state index is -0.770. The van der Waals surface area contributed by atoms with Crippen molar-refractivity contribution in [3.63, 3.8) is 0 Å². The molecule has 8 nitrogen and oxygen atoms in total. The average molecular weight is 479 g/mol. The fourth-order valence-corrected chi connectivity index (χ4v) is 4.64. The highest BCUT2D eigenvalue weighted by Gasteiger charge is 2.31. The predicted octanol–water partition coefficient (Wildman–Crippen LogP) is 4.14. The normalized spacial score (nSPS) is 20.5. The molecular weight excluding hydrogens is 454 g/mol. The van der Waals surface area contributed by atoms with Gasteiger partial charge in [-0.25, -0.2) is 23.7 Å². The smallest absolute Gasteiger partial charge is 0.279 e. The molecule has 0 spiro atoms. The molecule has 2 aliphatic rings. The SMILES string of the molecule is Cc1nc2c(-c3ccc(F)cc3F)nc(C3CCOC(c4cnn(C5CC5)c4)C3)nc2c(=O)n1C. The van der Waals surface area contributed by atoms with Crippen molar-refractivity contribution < 1.29 is 13.5 Å². The van der Waals surface area contributed by atoms with Gasteiger partial charge in [-0.2, -0.15) is 5.10 Å². The van der Waals surface area contributed by atoms with Gasteiger partial charge in [0.1, 0.15) is 34.5 Å². The molecule has 180 valence electrons. The Bertz CT molecular complexity index is 1510. The third-order valence-electron chi connectivity index (χ3n) is 6.92. The Kier molecular flexibility index (Phi) is 5.21. The first-order valence-electron chi connectivity index (χ1n) is 11.8. The summed E-state index contributed by atoms with van der Waals surface area (Å²) in [5.41, 5.74) is 1.25. The topological polar surface area (TPSA) is 87.7 Å². The van der Waals surface area contributed by atoms with Gasteiger partial charge in [0.05, 0.1) is 18.3 Å². The zero-order valence-electron chi connectivity index (χ0n) is 19.4. The highest BCUT2D eigenvalue weighted by Crippen LogP contribution is 2.39. The average Bonchev–Trinajstić information content (AvgIpc) is 3.59. The highest BCUT2D eigenvalue weighted by molar-refractivity contribution is 5.88. The first-order chi connectivity index (χ1) is 16.9. The van der Waals surface area contributed by atoms with Gasteiger partial charge >= 0.3 is 0 Å². The molecule has 2 atom stereocenters. The summed E-state index contributed by atoms with van der Waals surface area (Å²) in [5, 5.41) is 4.47. The summed E-state index contributed by atoms with van der Waals surface area (Å²) < 4.78 is 37.9. The van der Waals surface area contributed by atoms with Crippen LogP contribution in [-0.2, 0) is 11.8 Å². The van der Waals surface area contributed by atoms with Crippen molar-refractivity contribution in [1.82, 2.24) is 29.3 Å². The Morgan fingerprint density at radius 3 is 2.69 bits per heavy atom. The minimum Gasteiger partial charge on any atom is -0.373 e. The number of rotatable bonds is 4. The molecule has 2 fully saturated rings. The van der Waals surface area contributed by atoms with Gasteiger partial charge in [0.25, 0.3) is 5.56 Å². The molecule has 1 aliphatic heterocycles. The molecule has 1 aliphatic carbocycles. The maximum Gasteiger partial charge on any atom is 0.279 e. The fraction of sp³-hybridized carbons (Fsp3) is 0.400. The zero-order valence-corrected chi connectivity index (χ0v) is 19.4. The van der Waals surface area contributed by atoms with Crippen molar-refractivity contribution in [2.75, 3.05) is 6.61 Å². The molecule has 35 heavy (non-hydrogen) atoms. The monoisotopic (exact) mass is 478 g/mol. The van der Waals surface area contributed by atoms with Crippen LogP contribution in [0, 0.1) is 18.6 Å². The van der Waals surface area contributed by atoms with E-state index in [0.29, 0.717) is 37.1 Å². The second-order valence-electron chi connectivity index (χ2n) is 9.34. The van der Waals surface area contributed by atoms with Crippen LogP contribution < -0.4 is 5.56 Å². The van der Waals surface area contributed by atoms with Gasteiger partial charge in [0.15, 0.2) is 5.52 Å². The van der Waals surface area contributed by atoms with Crippen LogP contribution in [0.3, 0.4) is 0 Å². The van der Waals surface area contributed by atoms with Crippen LogP contribution in [0.25, 0.3) is 22.3 Å². The van der Waals surface area contributed by atoms with Crippen molar-refractivity contribution in [1.29, 1.82) is 0 Å². The Morgan fingerprint density at radius 2 is 1.91 bits per heavy atom. The van der Waals surface area contributed by atoms with Gasteiger partial charge in [0.2, 0.25) is 0 Å². The fourth-order valence-electron chi connectivity index (χ4n) is 4.64. The third kappa shape index (κ3) is 3.91. The van der Waals surface area contributed by atoms with Crippen LogP contribution in [0.5, 0.6) is 0 Å². The lowest BCUT2D eigenvalue weighted by atomic mass is 9.92. The van der Waals surface area contributed by atoms with Gasteiger partial charge < -0.3 is 4.74 Å². The van der Waals surface area contributed by atoms with Crippen molar-refractivity contribution in [2.45, 2.75) is 50.7 Å². The van der Waals surface area contributed by atoms with Crippen LogP contribution in [0.15, 0.2) is 35.4 Å². The molecule has 1 saturated heterocycles. The van der Waals surface area contributed by atoms with Crippen LogP contribution >= 0.6 is 0 Å². The molecule has 0 radical (unpaired) electrons. The maximum absolute atomic E-state index is 14.8. The minimum absolute atomic E-state index is 0.0783. The van der Waals surface area contributed by atoms with Gasteiger partial charge in [0, 0.05) is 43.0 Å². The number of halogens is 2. The van der Waals surface area contributed by atoms with E-state index in [1.54, 1.807) is 14.0 Å². The van der Waals surface area contributed by atoms with Crippen LogP contribution in [0.4, 0.5) is 8.78 Å². The Labute approximate surface area is 199 Å². The van der Waals surface area contributed by atoms with E-state index >= 15 is 0 Å². The molecule has 1 saturated carbocycles. The number of hydrogen-bond acceptors (Lipinski definition) is 6. The van der Waals surface area contributed by atoms with Crippen molar-refractivity contribution in [2.24, 2.45) is 7.05 Å². The molecule has 0 bridgehead atoms. The largest absolute Gasteiger partial charge is 0.373 e. The number of aryl methyl sites for hydroxylation is 1. The predicted molar refractivity (Wildman–Crippen MR) is 124 cm³/mol. The lowest BCUT2D eigenvalue weighted by Gasteiger charge is -2.28. The van der Waals surface area contributed by atoms with Gasteiger partial charge in [-0.15, -0.1) is 0 Å². The summed E-state index contributed by atoms with van der Waals surface area (Å²) >= 11 is 0. The Hall–Kier alpha value is -3.53. The molecule has 0 amide bonds. The van der Waals surface area contributed by atoms with E-state index in [9.17, 15) is 13.6 Å². The zero-order chi connectivity index (χ0) is 24.3. The summed E-state index contributed by atoms with van der Waals surface area (Å²) in [5.74, 6) is -0.698. The van der Waals surface area contributed by atoms with Crippen molar-refractivity contribution >= 4 is 11.0 Å². The molecule has 1 aromatic carbocycles. The Balaban J connectivity index is 1.45. The van der Waals surface area contributed by atoms with Crippen LogP contribution in [-0.4, -0.2) is 35.9 Å². The van der Waals surface area contributed by atoms with Crippen molar-refractivity contribution in [3.8, 4) is 11.3 Å². The maximum atomic E-state index is 14.8. The molecule has 4 heterocycles. The van der Waals surface area contributed by atoms with E-state index in [0.717, 1.165) is 24.5 Å². The quantitative estimate of drug-likeness (QED) is 0.438.